The fourth-order valence-corrected chi connectivity index (χ4v) is 2.74. The molecule has 154 valence electrons. The minimum Gasteiger partial charge on any atom is -0.452 e. The van der Waals surface area contributed by atoms with Crippen LogP contribution in [0.4, 0.5) is 0 Å². The largest absolute Gasteiger partial charge is 0.452 e. The third-order valence-corrected chi connectivity index (χ3v) is 4.45. The smallest absolute Gasteiger partial charge is 0.342 e. The molecule has 3 aromatic rings. The molecule has 0 fully saturated rings. The van der Waals surface area contributed by atoms with Crippen molar-refractivity contribution < 1.29 is 19.1 Å². The number of rotatable bonds is 5. The Kier molecular flexibility index (Phi) is 6.26. The summed E-state index contributed by atoms with van der Waals surface area (Å²) in [6.45, 7) is 4.70. The molecule has 2 N–H and O–H groups in total. The van der Waals surface area contributed by atoms with Gasteiger partial charge in [-0.15, -0.1) is 0 Å². The topological polar surface area (TPSA) is 102 Å². The number of nitrogens with one attached hydrogen (secondary N) is 2. The number of carbonyl (C=O) groups excluding carboxylic acids is 3. The molecule has 8 nitrogen and oxygen atoms in total. The Morgan fingerprint density at radius 1 is 1.00 bits per heavy atom. The molecular weight excluding hydrogens is 384 g/mol. The first-order valence-electron chi connectivity index (χ1n) is 9.30. The van der Waals surface area contributed by atoms with Crippen LogP contribution >= 0.6 is 0 Å². The predicted molar refractivity (Wildman–Crippen MR) is 111 cm³/mol. The number of benzene rings is 2. The normalized spacial score (nSPS) is 10.4. The van der Waals surface area contributed by atoms with E-state index >= 15 is 0 Å². The third-order valence-electron chi connectivity index (χ3n) is 4.45. The number of ether oxygens (including phenoxy) is 1. The number of hydrogen-bond acceptors (Lipinski definition) is 5. The summed E-state index contributed by atoms with van der Waals surface area (Å²) < 4.78 is 6.73. The summed E-state index contributed by atoms with van der Waals surface area (Å²) in [4.78, 5) is 35.3. The monoisotopic (exact) mass is 406 g/mol. The van der Waals surface area contributed by atoms with Crippen molar-refractivity contribution in [2.75, 3.05) is 6.61 Å². The molecule has 1 heterocycles. The standard InChI is InChI=1S/C22H22N4O4/c1-14-9-10-17(11-15(14)2)21-19(12-26(25-21)18-7-5-4-6-8-18)22(29)30-13-20(28)24-23-16(3)27/h4-12H,13H2,1-3H3,(H,23,27)(H,24,28). The molecule has 2 aromatic carbocycles. The van der Waals surface area contributed by atoms with Gasteiger partial charge in [-0.3, -0.25) is 20.4 Å². The van der Waals surface area contributed by atoms with Crippen LogP contribution < -0.4 is 10.9 Å². The number of para-hydroxylation sites is 1. The van der Waals surface area contributed by atoms with Crippen molar-refractivity contribution >= 4 is 17.8 Å². The first kappa shape index (κ1) is 20.8. The SMILES string of the molecule is CC(=O)NNC(=O)COC(=O)c1cn(-c2ccccc2)nc1-c1ccc(C)c(C)c1. The van der Waals surface area contributed by atoms with Crippen LogP contribution in [0.3, 0.4) is 0 Å². The van der Waals surface area contributed by atoms with Gasteiger partial charge in [-0.25, -0.2) is 9.48 Å². The maximum Gasteiger partial charge on any atom is 0.342 e. The molecule has 0 radical (unpaired) electrons. The molecule has 2 amide bonds. The van der Waals surface area contributed by atoms with Gasteiger partial charge in [0.1, 0.15) is 11.3 Å². The average molecular weight is 406 g/mol. The Hall–Kier alpha value is -3.94. The number of amides is 2. The van der Waals surface area contributed by atoms with Crippen LogP contribution in [-0.4, -0.2) is 34.2 Å². The van der Waals surface area contributed by atoms with E-state index in [-0.39, 0.29) is 5.56 Å². The summed E-state index contributed by atoms with van der Waals surface area (Å²) in [6, 6.07) is 15.2. The van der Waals surface area contributed by atoms with E-state index in [0.717, 1.165) is 22.4 Å². The van der Waals surface area contributed by atoms with Gasteiger partial charge in [-0.2, -0.15) is 5.10 Å². The van der Waals surface area contributed by atoms with Crippen LogP contribution in [0.2, 0.25) is 0 Å². The van der Waals surface area contributed by atoms with Crippen LogP contribution in [0, 0.1) is 13.8 Å². The third kappa shape index (κ3) is 4.91. The fourth-order valence-electron chi connectivity index (χ4n) is 2.74. The maximum absolute atomic E-state index is 12.7. The zero-order valence-electron chi connectivity index (χ0n) is 16.9. The van der Waals surface area contributed by atoms with E-state index < -0.39 is 24.4 Å². The molecule has 0 spiro atoms. The van der Waals surface area contributed by atoms with Crippen molar-refractivity contribution in [3.8, 4) is 16.9 Å². The number of aryl methyl sites for hydroxylation is 2. The molecular formula is C22H22N4O4. The van der Waals surface area contributed by atoms with Gasteiger partial charge >= 0.3 is 5.97 Å². The summed E-state index contributed by atoms with van der Waals surface area (Å²) in [7, 11) is 0. The molecule has 3 rings (SSSR count). The van der Waals surface area contributed by atoms with E-state index in [1.807, 2.05) is 62.4 Å². The van der Waals surface area contributed by atoms with E-state index in [9.17, 15) is 14.4 Å². The highest BCUT2D eigenvalue weighted by Gasteiger charge is 2.21. The average Bonchev–Trinajstić information content (AvgIpc) is 3.18. The summed E-state index contributed by atoms with van der Waals surface area (Å²) in [5.74, 6) is -1.78. The lowest BCUT2D eigenvalue weighted by atomic mass is 10.0. The van der Waals surface area contributed by atoms with Crippen LogP contribution in [0.15, 0.2) is 54.7 Å². The second-order valence-corrected chi connectivity index (χ2v) is 6.78. The van der Waals surface area contributed by atoms with E-state index in [4.69, 9.17) is 4.74 Å². The molecule has 0 aliphatic rings. The van der Waals surface area contributed by atoms with Crippen LogP contribution in [0.25, 0.3) is 16.9 Å². The first-order valence-corrected chi connectivity index (χ1v) is 9.30. The Balaban J connectivity index is 1.90. The Labute approximate surface area is 173 Å². The lowest BCUT2D eigenvalue weighted by Gasteiger charge is -2.07. The highest BCUT2D eigenvalue weighted by molar-refractivity contribution is 5.97. The van der Waals surface area contributed by atoms with Crippen molar-refractivity contribution in [1.29, 1.82) is 0 Å². The van der Waals surface area contributed by atoms with Gasteiger partial charge in [-0.1, -0.05) is 30.3 Å². The molecule has 0 saturated carbocycles. The number of carbonyl (C=O) groups is 3. The molecule has 0 saturated heterocycles. The highest BCUT2D eigenvalue weighted by Crippen LogP contribution is 2.26. The summed E-state index contributed by atoms with van der Waals surface area (Å²) >= 11 is 0. The molecule has 1 aromatic heterocycles. The number of hydrogen-bond donors (Lipinski definition) is 2. The first-order chi connectivity index (χ1) is 14.3. The van der Waals surface area contributed by atoms with Crippen molar-refractivity contribution in [3.63, 3.8) is 0 Å². The minimum absolute atomic E-state index is 0.231. The van der Waals surface area contributed by atoms with Gasteiger partial charge in [0.05, 0.1) is 5.69 Å². The lowest BCUT2D eigenvalue weighted by Crippen LogP contribution is -2.42. The molecule has 0 aliphatic heterocycles. The summed E-state index contributed by atoms with van der Waals surface area (Å²) in [5.41, 5.74) is 8.70. The summed E-state index contributed by atoms with van der Waals surface area (Å²) in [5, 5.41) is 4.59. The zero-order valence-corrected chi connectivity index (χ0v) is 16.9. The molecule has 0 aliphatic carbocycles. The number of esters is 1. The molecule has 8 heteroatoms. The zero-order chi connectivity index (χ0) is 21.7. The lowest BCUT2D eigenvalue weighted by molar-refractivity contribution is -0.129. The van der Waals surface area contributed by atoms with Crippen molar-refractivity contribution in [2.45, 2.75) is 20.8 Å². The molecule has 0 bridgehead atoms. The van der Waals surface area contributed by atoms with Gasteiger partial charge in [-0.05, 0) is 43.2 Å². The molecule has 0 atom stereocenters. The van der Waals surface area contributed by atoms with Gasteiger partial charge in [0.15, 0.2) is 6.61 Å². The van der Waals surface area contributed by atoms with Crippen molar-refractivity contribution in [2.24, 2.45) is 0 Å². The van der Waals surface area contributed by atoms with Crippen molar-refractivity contribution in [1.82, 2.24) is 20.6 Å². The Bertz CT molecular complexity index is 1090. The Morgan fingerprint density at radius 2 is 1.73 bits per heavy atom. The number of aromatic nitrogens is 2. The highest BCUT2D eigenvalue weighted by atomic mass is 16.5. The number of hydrazine groups is 1. The van der Waals surface area contributed by atoms with Gasteiger partial charge < -0.3 is 4.74 Å². The van der Waals surface area contributed by atoms with E-state index in [2.05, 4.69) is 16.0 Å². The second-order valence-electron chi connectivity index (χ2n) is 6.78. The van der Waals surface area contributed by atoms with E-state index in [0.29, 0.717) is 5.69 Å². The van der Waals surface area contributed by atoms with Gasteiger partial charge in [0.25, 0.3) is 5.91 Å². The molecule has 0 unspecified atom stereocenters. The fraction of sp³-hybridized carbons (Fsp3) is 0.182. The van der Waals surface area contributed by atoms with Gasteiger partial charge in [0, 0.05) is 18.7 Å². The van der Waals surface area contributed by atoms with Gasteiger partial charge in [0.2, 0.25) is 5.91 Å². The van der Waals surface area contributed by atoms with Crippen LogP contribution in [-0.2, 0) is 14.3 Å². The predicted octanol–water partition coefficient (Wildman–Crippen LogP) is 2.48. The van der Waals surface area contributed by atoms with E-state index in [1.54, 1.807) is 10.9 Å². The second kappa shape index (κ2) is 9.04. The summed E-state index contributed by atoms with van der Waals surface area (Å²) in [6.07, 6.45) is 1.58. The number of nitrogens with zero attached hydrogens (tertiary/aromatic N) is 2. The minimum atomic E-state index is -0.691. The Morgan fingerprint density at radius 3 is 2.40 bits per heavy atom. The maximum atomic E-state index is 12.7. The van der Waals surface area contributed by atoms with Crippen LogP contribution in [0.5, 0.6) is 0 Å². The van der Waals surface area contributed by atoms with Crippen LogP contribution in [0.1, 0.15) is 28.4 Å². The van der Waals surface area contributed by atoms with E-state index in [1.165, 1.54) is 6.92 Å². The molecule has 30 heavy (non-hydrogen) atoms. The quantitative estimate of drug-likeness (QED) is 0.501. The van der Waals surface area contributed by atoms with Crippen molar-refractivity contribution in [3.05, 3.63) is 71.4 Å².